The number of benzene rings is 5. The smallest absolute Gasteiger partial charge is 0.163 e. The van der Waals surface area contributed by atoms with Gasteiger partial charge in [0.25, 0.3) is 0 Å². The molecule has 0 atom stereocenters. The average molecular weight is 579 g/mol. The van der Waals surface area contributed by atoms with Crippen molar-refractivity contribution in [2.45, 2.75) is 6.42 Å². The van der Waals surface area contributed by atoms with E-state index < -0.39 is 0 Å². The summed E-state index contributed by atoms with van der Waals surface area (Å²) in [6.45, 7) is 0. The Hall–Kier alpha value is -6.07. The Balaban J connectivity index is 1.13. The summed E-state index contributed by atoms with van der Waals surface area (Å²) in [6.07, 6.45) is 10.9. The Morgan fingerprint density at radius 3 is 2.22 bits per heavy atom. The molecular weight excluding hydrogens is 552 g/mol. The van der Waals surface area contributed by atoms with Crippen LogP contribution in [-0.4, -0.2) is 19.5 Å². The molecule has 45 heavy (non-hydrogen) atoms. The minimum atomic E-state index is 0.607. The van der Waals surface area contributed by atoms with Crippen LogP contribution in [0.5, 0.6) is 0 Å². The lowest BCUT2D eigenvalue weighted by Gasteiger charge is -2.10. The topological polar surface area (TPSA) is 56.7 Å². The van der Waals surface area contributed by atoms with Crippen LogP contribution in [0.3, 0.4) is 0 Å². The number of hydrogen-bond donors (Lipinski definition) is 0. The third-order valence-electron chi connectivity index (χ3n) is 8.56. The second kappa shape index (κ2) is 10.3. The number of allylic oxidation sites excluding steroid dienone is 2. The minimum absolute atomic E-state index is 0.607. The standard InChI is InChI=1S/C40H26N4O/c1-3-10-26(11-4-1)27-19-21-36-34(23-27)31-14-7-8-16-35(31)44(36)30-13-9-12-28(22-30)39-41-25-42-40(43-39)29-18-20-33-32-15-5-2-6-17-37(32)45-38(33)24-29/h1,3-25H,2H2. The molecule has 0 N–H and O–H groups in total. The van der Waals surface area contributed by atoms with Gasteiger partial charge in [-0.25, -0.2) is 15.0 Å². The molecule has 1 aliphatic rings. The lowest BCUT2D eigenvalue weighted by Crippen LogP contribution is -1.97. The van der Waals surface area contributed by atoms with Crippen molar-refractivity contribution in [1.82, 2.24) is 19.5 Å². The molecule has 0 fully saturated rings. The fraction of sp³-hybridized carbons (Fsp3) is 0.0250. The fourth-order valence-electron chi connectivity index (χ4n) is 6.43. The van der Waals surface area contributed by atoms with Gasteiger partial charge in [-0.2, -0.15) is 0 Å². The van der Waals surface area contributed by atoms with Crippen molar-refractivity contribution >= 4 is 44.9 Å². The van der Waals surface area contributed by atoms with Crippen molar-refractivity contribution in [3.8, 4) is 39.6 Å². The van der Waals surface area contributed by atoms with E-state index in [0.717, 1.165) is 56.6 Å². The van der Waals surface area contributed by atoms with Gasteiger partial charge in [0.05, 0.1) is 11.0 Å². The van der Waals surface area contributed by atoms with E-state index in [1.807, 2.05) is 12.1 Å². The second-order valence-corrected chi connectivity index (χ2v) is 11.3. The molecule has 9 rings (SSSR count). The van der Waals surface area contributed by atoms with E-state index in [0.29, 0.717) is 11.6 Å². The molecule has 3 aromatic heterocycles. The predicted molar refractivity (Wildman–Crippen MR) is 183 cm³/mol. The van der Waals surface area contributed by atoms with Gasteiger partial charge in [0.2, 0.25) is 0 Å². The number of rotatable bonds is 4. The Labute approximate surface area is 259 Å². The quantitative estimate of drug-likeness (QED) is 0.208. The van der Waals surface area contributed by atoms with Crippen LogP contribution >= 0.6 is 0 Å². The Bertz CT molecular complexity index is 2460. The van der Waals surface area contributed by atoms with Crippen LogP contribution in [0.1, 0.15) is 17.7 Å². The van der Waals surface area contributed by atoms with E-state index in [2.05, 4.69) is 142 Å². The number of para-hydroxylation sites is 1. The first-order valence-corrected chi connectivity index (χ1v) is 15.1. The molecule has 0 radical (unpaired) electrons. The Morgan fingerprint density at radius 2 is 1.31 bits per heavy atom. The highest BCUT2D eigenvalue weighted by atomic mass is 16.3. The normalized spacial score (nSPS) is 12.6. The highest BCUT2D eigenvalue weighted by molar-refractivity contribution is 6.10. The number of nitrogens with zero attached hydrogens (tertiary/aromatic N) is 4. The number of fused-ring (bicyclic) bond motifs is 6. The summed E-state index contributed by atoms with van der Waals surface area (Å²) in [5.41, 5.74) is 9.50. The molecule has 0 unspecified atom stereocenters. The molecule has 3 heterocycles. The minimum Gasteiger partial charge on any atom is -0.456 e. The molecule has 5 nitrogen and oxygen atoms in total. The molecule has 0 saturated carbocycles. The van der Waals surface area contributed by atoms with Crippen LogP contribution in [0, 0.1) is 0 Å². The Morgan fingerprint density at radius 1 is 0.556 bits per heavy atom. The molecular formula is C40H26N4O. The lowest BCUT2D eigenvalue weighted by atomic mass is 10.0. The number of furan rings is 1. The van der Waals surface area contributed by atoms with Gasteiger partial charge in [0, 0.05) is 38.5 Å². The molecule has 0 amide bonds. The highest BCUT2D eigenvalue weighted by Gasteiger charge is 2.16. The highest BCUT2D eigenvalue weighted by Crippen LogP contribution is 2.36. The fourth-order valence-corrected chi connectivity index (χ4v) is 6.43. The van der Waals surface area contributed by atoms with Gasteiger partial charge >= 0.3 is 0 Å². The zero-order chi connectivity index (χ0) is 29.7. The van der Waals surface area contributed by atoms with Crippen molar-refractivity contribution in [2.24, 2.45) is 0 Å². The molecule has 212 valence electrons. The van der Waals surface area contributed by atoms with Gasteiger partial charge in [-0.3, -0.25) is 0 Å². The first-order chi connectivity index (χ1) is 22.3. The van der Waals surface area contributed by atoms with Gasteiger partial charge in [-0.15, -0.1) is 0 Å². The molecule has 0 spiro atoms. The largest absolute Gasteiger partial charge is 0.456 e. The summed E-state index contributed by atoms with van der Waals surface area (Å²) in [6, 6.07) is 40.4. The van der Waals surface area contributed by atoms with Crippen molar-refractivity contribution in [3.63, 3.8) is 0 Å². The first kappa shape index (κ1) is 25.4. The monoisotopic (exact) mass is 578 g/mol. The molecule has 0 saturated heterocycles. The van der Waals surface area contributed by atoms with E-state index in [4.69, 9.17) is 9.40 Å². The zero-order valence-corrected chi connectivity index (χ0v) is 24.3. The summed E-state index contributed by atoms with van der Waals surface area (Å²) < 4.78 is 8.52. The maximum absolute atomic E-state index is 6.20. The van der Waals surface area contributed by atoms with Crippen LogP contribution in [0.2, 0.25) is 0 Å². The van der Waals surface area contributed by atoms with Gasteiger partial charge in [0.1, 0.15) is 17.7 Å². The maximum Gasteiger partial charge on any atom is 0.163 e. The average Bonchev–Trinajstić information content (AvgIpc) is 3.52. The number of hydrogen-bond acceptors (Lipinski definition) is 4. The summed E-state index contributed by atoms with van der Waals surface area (Å²) in [5, 5.41) is 3.52. The third-order valence-corrected chi connectivity index (χ3v) is 8.56. The molecule has 0 aliphatic heterocycles. The first-order valence-electron chi connectivity index (χ1n) is 15.1. The van der Waals surface area contributed by atoms with Crippen molar-refractivity contribution < 1.29 is 4.42 Å². The third kappa shape index (κ3) is 4.28. The van der Waals surface area contributed by atoms with Gasteiger partial charge in [0.15, 0.2) is 11.6 Å². The van der Waals surface area contributed by atoms with Crippen LogP contribution in [0.25, 0.3) is 84.5 Å². The molecule has 8 aromatic rings. The zero-order valence-electron chi connectivity index (χ0n) is 24.3. The number of aromatic nitrogens is 4. The van der Waals surface area contributed by atoms with Gasteiger partial charge in [-0.05, 0) is 66.1 Å². The molecule has 5 aromatic carbocycles. The van der Waals surface area contributed by atoms with Crippen LogP contribution < -0.4 is 0 Å². The Kier molecular flexibility index (Phi) is 5.81. The SMILES string of the molecule is C1=Cc2oc3cc(-c4ncnc(-c5cccc(-n6c7ccccc7c7cc(-c8ccccc8)ccc76)c5)n4)ccc3c2C=CC1. The molecule has 5 heteroatoms. The van der Waals surface area contributed by atoms with E-state index in [1.165, 1.54) is 21.9 Å². The maximum atomic E-state index is 6.20. The lowest BCUT2D eigenvalue weighted by molar-refractivity contribution is 0.603. The van der Waals surface area contributed by atoms with E-state index in [-0.39, 0.29) is 0 Å². The second-order valence-electron chi connectivity index (χ2n) is 11.3. The summed E-state index contributed by atoms with van der Waals surface area (Å²) in [7, 11) is 0. The van der Waals surface area contributed by atoms with Crippen LogP contribution in [0.15, 0.2) is 138 Å². The van der Waals surface area contributed by atoms with Crippen LogP contribution in [-0.2, 0) is 0 Å². The molecule has 0 bridgehead atoms. The summed E-state index contributed by atoms with van der Waals surface area (Å²) in [5.74, 6) is 2.11. The van der Waals surface area contributed by atoms with Crippen molar-refractivity contribution in [2.75, 3.05) is 0 Å². The van der Waals surface area contributed by atoms with E-state index >= 15 is 0 Å². The van der Waals surface area contributed by atoms with Crippen molar-refractivity contribution in [3.05, 3.63) is 145 Å². The molecule has 1 aliphatic carbocycles. The summed E-state index contributed by atoms with van der Waals surface area (Å²) >= 11 is 0. The van der Waals surface area contributed by atoms with E-state index in [1.54, 1.807) is 6.33 Å². The predicted octanol–water partition coefficient (Wildman–Crippen LogP) is 10.1. The van der Waals surface area contributed by atoms with Gasteiger partial charge in [-0.1, -0.05) is 91.0 Å². The van der Waals surface area contributed by atoms with Gasteiger partial charge < -0.3 is 8.98 Å². The van der Waals surface area contributed by atoms with Crippen LogP contribution in [0.4, 0.5) is 0 Å². The summed E-state index contributed by atoms with van der Waals surface area (Å²) in [4.78, 5) is 14.0. The van der Waals surface area contributed by atoms with Crippen molar-refractivity contribution in [1.29, 1.82) is 0 Å². The van der Waals surface area contributed by atoms with E-state index in [9.17, 15) is 0 Å².